The van der Waals surface area contributed by atoms with Crippen LogP contribution in [0.25, 0.3) is 94.4 Å². The van der Waals surface area contributed by atoms with Crippen LogP contribution in [0, 0.1) is 0 Å². The van der Waals surface area contributed by atoms with Crippen molar-refractivity contribution >= 4 is 48.6 Å². The molecule has 68 heavy (non-hydrogen) atoms. The number of rotatable bonds is 16. The quantitative estimate of drug-likeness (QED) is 0.0868. The molecule has 9 aromatic rings. The molecule has 0 aliphatic carbocycles. The Hall–Kier alpha value is -9.02. The highest BCUT2D eigenvalue weighted by atomic mass is 16.5. The predicted molar refractivity (Wildman–Crippen MR) is 272 cm³/mol. The lowest BCUT2D eigenvalue weighted by Crippen LogP contribution is -1.94. The second kappa shape index (κ2) is 20.9. The van der Waals surface area contributed by atoms with Gasteiger partial charge in [-0.25, -0.2) is 0 Å². The normalized spacial score (nSPS) is 11.6. The zero-order chi connectivity index (χ0) is 46.7. The van der Waals surface area contributed by atoms with Crippen LogP contribution in [-0.2, 0) is 0 Å². The molecule has 0 N–H and O–H groups in total. The zero-order valence-electron chi connectivity index (χ0n) is 37.9. The largest absolute Gasteiger partial charge is 0.496 e. The molecular weight excluding hydrogens is 849 g/mol. The van der Waals surface area contributed by atoms with E-state index in [-0.39, 0.29) is 11.8 Å². The molecule has 0 saturated heterocycles. The summed E-state index contributed by atoms with van der Waals surface area (Å²) in [6, 6.07) is 52.0. The summed E-state index contributed by atoms with van der Waals surface area (Å²) in [5.74, 6) is 3.73. The maximum Gasteiger partial charge on any atom is 0.252 e. The molecule has 0 saturated carbocycles. The molecule has 10 heteroatoms. The Morgan fingerprint density at radius 3 is 0.941 bits per heavy atom. The van der Waals surface area contributed by atoms with Crippen LogP contribution in [-0.4, -0.2) is 48.8 Å². The molecule has 0 unspecified atom stereocenters. The van der Waals surface area contributed by atoms with Gasteiger partial charge in [0.1, 0.15) is 23.0 Å². The van der Waals surface area contributed by atoms with Crippen molar-refractivity contribution in [1.29, 1.82) is 0 Å². The van der Waals surface area contributed by atoms with E-state index in [0.29, 0.717) is 34.4 Å². The van der Waals surface area contributed by atoms with E-state index in [0.717, 1.165) is 67.1 Å². The van der Waals surface area contributed by atoms with Gasteiger partial charge < -0.3 is 27.8 Å². The van der Waals surface area contributed by atoms with Gasteiger partial charge in [-0.05, 0) is 81.9 Å². The Kier molecular flexibility index (Phi) is 13.6. The van der Waals surface area contributed by atoms with Crippen LogP contribution in [0.3, 0.4) is 0 Å². The van der Waals surface area contributed by atoms with Crippen molar-refractivity contribution in [3.63, 3.8) is 0 Å². The van der Waals surface area contributed by atoms with Gasteiger partial charge >= 0.3 is 0 Å². The van der Waals surface area contributed by atoms with E-state index in [1.54, 1.807) is 40.6 Å². The minimum atomic E-state index is 0.264. The zero-order valence-corrected chi connectivity index (χ0v) is 37.9. The Labute approximate surface area is 394 Å². The molecule has 0 radical (unpaired) electrons. The molecule has 0 fully saturated rings. The van der Waals surface area contributed by atoms with Crippen LogP contribution in [0.5, 0.6) is 23.0 Å². The van der Waals surface area contributed by atoms with Gasteiger partial charge in [-0.2, -0.15) is 0 Å². The van der Waals surface area contributed by atoms with Crippen molar-refractivity contribution in [2.24, 2.45) is 0 Å². The van der Waals surface area contributed by atoms with Crippen LogP contribution in [0.4, 0.5) is 0 Å². The Morgan fingerprint density at radius 2 is 0.603 bits per heavy atom. The maximum absolute atomic E-state index is 6.19. The lowest BCUT2D eigenvalue weighted by Gasteiger charge is -2.11. The molecular formula is C58H46N4O6. The van der Waals surface area contributed by atoms with Gasteiger partial charge in [-0.3, -0.25) is 0 Å². The van der Waals surface area contributed by atoms with Crippen molar-refractivity contribution in [3.8, 4) is 68.8 Å². The maximum atomic E-state index is 6.19. The average molecular weight is 895 g/mol. The molecule has 2 aromatic heterocycles. The smallest absolute Gasteiger partial charge is 0.252 e. The molecule has 10 nitrogen and oxygen atoms in total. The second-order valence-corrected chi connectivity index (χ2v) is 15.5. The molecule has 9 rings (SSSR count). The SMILES string of the molecule is COc1cc(/C=C/c2ccc(/C=C/c3ccc(-c4nnc(-c5cc(OC)c(-c6nnc(-c7ccc(/C=C/c8ccccc8)cc7)o6)cc5OC)o4)cc3)cc2)c(OC)cc1/C=C/c1ccccc1. The van der Waals surface area contributed by atoms with Gasteiger partial charge in [0.05, 0.1) is 39.6 Å². The molecule has 0 atom stereocenters. The molecule has 0 bridgehead atoms. The predicted octanol–water partition coefficient (Wildman–Crippen LogP) is 13.8. The van der Waals surface area contributed by atoms with Crippen LogP contribution < -0.4 is 18.9 Å². The first-order valence-electron chi connectivity index (χ1n) is 21.8. The molecule has 2 heterocycles. The molecule has 334 valence electrons. The summed E-state index contributed by atoms with van der Waals surface area (Å²) >= 11 is 0. The van der Waals surface area contributed by atoms with Crippen molar-refractivity contribution in [2.45, 2.75) is 0 Å². The Balaban J connectivity index is 0.842. The third-order valence-corrected chi connectivity index (χ3v) is 11.1. The Bertz CT molecular complexity index is 3240. The summed E-state index contributed by atoms with van der Waals surface area (Å²) < 4.78 is 35.4. The van der Waals surface area contributed by atoms with Crippen molar-refractivity contribution in [3.05, 3.63) is 202 Å². The van der Waals surface area contributed by atoms with Crippen molar-refractivity contribution in [1.82, 2.24) is 20.4 Å². The number of methoxy groups -OCH3 is 4. The summed E-state index contributed by atoms with van der Waals surface area (Å²) in [6.07, 6.45) is 16.5. The minimum Gasteiger partial charge on any atom is -0.496 e. The van der Waals surface area contributed by atoms with Gasteiger partial charge in [0.2, 0.25) is 11.8 Å². The lowest BCUT2D eigenvalue weighted by molar-refractivity contribution is 0.401. The van der Waals surface area contributed by atoms with Gasteiger partial charge in [0.25, 0.3) is 11.8 Å². The van der Waals surface area contributed by atoms with E-state index < -0.39 is 0 Å². The van der Waals surface area contributed by atoms with E-state index in [1.807, 2.05) is 109 Å². The van der Waals surface area contributed by atoms with Crippen LogP contribution >= 0.6 is 0 Å². The number of nitrogens with zero attached hydrogens (tertiary/aromatic N) is 4. The summed E-state index contributed by atoms with van der Waals surface area (Å²) in [7, 11) is 6.50. The molecule has 0 amide bonds. The first kappa shape index (κ1) is 44.2. The monoisotopic (exact) mass is 894 g/mol. The second-order valence-electron chi connectivity index (χ2n) is 15.5. The van der Waals surface area contributed by atoms with E-state index in [9.17, 15) is 0 Å². The van der Waals surface area contributed by atoms with Gasteiger partial charge in [0.15, 0.2) is 0 Å². The fourth-order valence-corrected chi connectivity index (χ4v) is 7.41. The van der Waals surface area contributed by atoms with E-state index in [2.05, 4.69) is 105 Å². The standard InChI is InChI=1S/C58H46N4O6/c1-63-51-36-48(52(64-2)35-47(51)33-27-40-13-9-6-10-14-40)34-28-42-20-17-41(18-21-42)19-22-44-25-31-46(32-26-44)56-60-62-58(68-56)50-38-53(65-3)49(37-54(50)66-4)57-61-59-55(67-57)45-29-23-43(24-30-45)16-15-39-11-7-5-8-12-39/h5-38H,1-4H3/b16-15+,22-19+,33-27+,34-28+. The summed E-state index contributed by atoms with van der Waals surface area (Å²) in [4.78, 5) is 0. The minimum absolute atomic E-state index is 0.264. The number of hydrogen-bond donors (Lipinski definition) is 0. The molecule has 0 aliphatic heterocycles. The van der Waals surface area contributed by atoms with Crippen molar-refractivity contribution < 1.29 is 27.8 Å². The average Bonchev–Trinajstić information content (AvgIpc) is 4.11. The van der Waals surface area contributed by atoms with Gasteiger partial charge in [-0.15, -0.1) is 20.4 Å². The lowest BCUT2D eigenvalue weighted by atomic mass is 10.0. The first-order valence-corrected chi connectivity index (χ1v) is 21.8. The summed E-state index contributed by atoms with van der Waals surface area (Å²) in [5, 5.41) is 17.4. The molecule has 0 spiro atoms. The summed E-state index contributed by atoms with van der Waals surface area (Å²) in [6.45, 7) is 0. The highest BCUT2D eigenvalue weighted by Gasteiger charge is 2.22. The molecule has 0 aliphatic rings. The van der Waals surface area contributed by atoms with Crippen molar-refractivity contribution in [2.75, 3.05) is 28.4 Å². The molecule has 7 aromatic carbocycles. The van der Waals surface area contributed by atoms with E-state index >= 15 is 0 Å². The fraction of sp³-hybridized carbons (Fsp3) is 0.0690. The summed E-state index contributed by atoms with van der Waals surface area (Å²) in [5.41, 5.74) is 10.9. The van der Waals surface area contributed by atoms with E-state index in [4.69, 9.17) is 27.8 Å². The number of aromatic nitrogens is 4. The number of benzene rings is 7. The van der Waals surface area contributed by atoms with Crippen LogP contribution in [0.2, 0.25) is 0 Å². The van der Waals surface area contributed by atoms with Crippen LogP contribution in [0.1, 0.15) is 44.5 Å². The number of ether oxygens (including phenoxy) is 4. The van der Waals surface area contributed by atoms with E-state index in [1.165, 1.54) is 0 Å². The fourth-order valence-electron chi connectivity index (χ4n) is 7.41. The number of hydrogen-bond acceptors (Lipinski definition) is 10. The highest BCUT2D eigenvalue weighted by molar-refractivity contribution is 5.80. The van der Waals surface area contributed by atoms with Gasteiger partial charge in [-0.1, -0.05) is 158 Å². The topological polar surface area (TPSA) is 115 Å². The van der Waals surface area contributed by atoms with Gasteiger partial charge in [0, 0.05) is 22.3 Å². The van der Waals surface area contributed by atoms with Crippen LogP contribution in [0.15, 0.2) is 167 Å². The highest BCUT2D eigenvalue weighted by Crippen LogP contribution is 2.41. The first-order chi connectivity index (χ1) is 33.5. The third-order valence-electron chi connectivity index (χ3n) is 11.1. The third kappa shape index (κ3) is 10.4. The Morgan fingerprint density at radius 1 is 0.309 bits per heavy atom.